The van der Waals surface area contributed by atoms with E-state index in [1.165, 1.54) is 0 Å². The molecular weight excluding hydrogens is 294 g/mol. The maximum absolute atomic E-state index is 12.9. The van der Waals surface area contributed by atoms with Crippen molar-refractivity contribution in [1.29, 1.82) is 0 Å². The lowest BCUT2D eigenvalue weighted by Crippen LogP contribution is -1.98. The Kier molecular flexibility index (Phi) is 2.68. The first kappa shape index (κ1) is 13.2. The Balaban J connectivity index is 1.94. The molecule has 0 bridgehead atoms. The van der Waals surface area contributed by atoms with Crippen LogP contribution in [0.1, 0.15) is 15.9 Å². The van der Waals surface area contributed by atoms with Crippen LogP contribution in [-0.4, -0.2) is 10.8 Å². The van der Waals surface area contributed by atoms with Crippen molar-refractivity contribution in [2.75, 3.05) is 0 Å². The molecule has 3 aromatic carbocycles. The number of aromatic nitrogens is 1. The zero-order chi connectivity index (χ0) is 16.1. The molecule has 112 valence electrons. The molecule has 1 aromatic heterocycles. The fourth-order valence-electron chi connectivity index (χ4n) is 3.53. The predicted octanol–water partition coefficient (Wildman–Crippen LogP) is 5.11. The predicted molar refractivity (Wildman–Crippen MR) is 96.0 cm³/mol. The molecule has 2 heteroatoms. The van der Waals surface area contributed by atoms with E-state index in [-0.39, 0.29) is 5.78 Å². The number of hydrogen-bond donors (Lipinski definition) is 0. The van der Waals surface area contributed by atoms with Gasteiger partial charge in [-0.15, -0.1) is 0 Å². The number of carbonyl (C=O) groups is 1. The van der Waals surface area contributed by atoms with Crippen molar-refractivity contribution in [2.24, 2.45) is 0 Å². The van der Waals surface area contributed by atoms with Crippen LogP contribution in [0.3, 0.4) is 0 Å². The molecule has 4 aromatic rings. The van der Waals surface area contributed by atoms with Crippen LogP contribution < -0.4 is 0 Å². The standard InChI is InChI=1S/C22H13NO/c24-22-18-13-7-6-12-17(18)21-19(22)15-10-4-5-11-16(15)20(23-21)14-8-2-1-3-9-14/h1-13H. The van der Waals surface area contributed by atoms with Crippen LogP contribution in [0, 0.1) is 0 Å². The van der Waals surface area contributed by atoms with Crippen LogP contribution in [0.4, 0.5) is 0 Å². The summed E-state index contributed by atoms with van der Waals surface area (Å²) in [6, 6.07) is 25.9. The number of hydrogen-bond acceptors (Lipinski definition) is 2. The Morgan fingerprint density at radius 1 is 0.583 bits per heavy atom. The molecule has 0 fully saturated rings. The van der Waals surface area contributed by atoms with Gasteiger partial charge in [-0.1, -0.05) is 78.9 Å². The van der Waals surface area contributed by atoms with Crippen LogP contribution in [0.15, 0.2) is 78.9 Å². The fraction of sp³-hybridized carbons (Fsp3) is 0. The highest BCUT2D eigenvalue weighted by Crippen LogP contribution is 2.41. The first-order valence-electron chi connectivity index (χ1n) is 7.97. The minimum Gasteiger partial charge on any atom is -0.288 e. The molecule has 0 saturated carbocycles. The number of pyridine rings is 1. The average molecular weight is 307 g/mol. The maximum Gasteiger partial charge on any atom is 0.196 e. The quantitative estimate of drug-likeness (QED) is 0.430. The van der Waals surface area contributed by atoms with Gasteiger partial charge in [0.05, 0.1) is 17.0 Å². The number of ketones is 1. The third kappa shape index (κ3) is 1.71. The summed E-state index contributed by atoms with van der Waals surface area (Å²) in [6.07, 6.45) is 0. The second kappa shape index (κ2) is 4.87. The van der Waals surface area contributed by atoms with Crippen molar-refractivity contribution in [3.05, 3.63) is 90.0 Å². The second-order valence-electron chi connectivity index (χ2n) is 5.97. The Hall–Kier alpha value is -3.26. The minimum atomic E-state index is 0.0731. The Morgan fingerprint density at radius 3 is 2.00 bits per heavy atom. The van der Waals surface area contributed by atoms with Gasteiger partial charge >= 0.3 is 0 Å². The van der Waals surface area contributed by atoms with E-state index in [4.69, 9.17) is 4.98 Å². The highest BCUT2D eigenvalue weighted by molar-refractivity contribution is 6.27. The van der Waals surface area contributed by atoms with Gasteiger partial charge in [0.2, 0.25) is 0 Å². The summed E-state index contributed by atoms with van der Waals surface area (Å²) in [7, 11) is 0. The molecule has 1 aliphatic carbocycles. The number of fused-ring (bicyclic) bond motifs is 5. The Bertz CT molecular complexity index is 1110. The average Bonchev–Trinajstić information content (AvgIpc) is 2.95. The summed E-state index contributed by atoms with van der Waals surface area (Å²) in [5.74, 6) is 0.0731. The van der Waals surface area contributed by atoms with Gasteiger partial charge in [0, 0.05) is 22.1 Å². The van der Waals surface area contributed by atoms with Crippen molar-refractivity contribution in [3.63, 3.8) is 0 Å². The normalized spacial score (nSPS) is 12.2. The van der Waals surface area contributed by atoms with Gasteiger partial charge in [0.25, 0.3) is 0 Å². The van der Waals surface area contributed by atoms with E-state index in [0.29, 0.717) is 0 Å². The van der Waals surface area contributed by atoms with Crippen LogP contribution in [0.5, 0.6) is 0 Å². The monoisotopic (exact) mass is 307 g/mol. The molecule has 24 heavy (non-hydrogen) atoms. The minimum absolute atomic E-state index is 0.0731. The molecule has 1 aliphatic rings. The summed E-state index contributed by atoms with van der Waals surface area (Å²) >= 11 is 0. The third-order valence-electron chi connectivity index (χ3n) is 4.61. The molecule has 0 unspecified atom stereocenters. The second-order valence-corrected chi connectivity index (χ2v) is 5.97. The number of benzene rings is 3. The van der Waals surface area contributed by atoms with Gasteiger partial charge in [-0.3, -0.25) is 4.79 Å². The van der Waals surface area contributed by atoms with Gasteiger partial charge < -0.3 is 0 Å². The maximum atomic E-state index is 12.9. The van der Waals surface area contributed by atoms with Gasteiger partial charge in [-0.25, -0.2) is 4.98 Å². The van der Waals surface area contributed by atoms with Crippen molar-refractivity contribution < 1.29 is 4.79 Å². The summed E-state index contributed by atoms with van der Waals surface area (Å²) in [5, 5.41) is 1.99. The first-order valence-corrected chi connectivity index (χ1v) is 7.97. The number of rotatable bonds is 1. The van der Waals surface area contributed by atoms with Crippen LogP contribution in [0.25, 0.3) is 33.3 Å². The Morgan fingerprint density at radius 2 is 1.21 bits per heavy atom. The lowest BCUT2D eigenvalue weighted by Gasteiger charge is -2.10. The highest BCUT2D eigenvalue weighted by Gasteiger charge is 2.30. The largest absolute Gasteiger partial charge is 0.288 e. The molecular formula is C22H13NO. The molecule has 5 rings (SSSR count). The van der Waals surface area contributed by atoms with Gasteiger partial charge in [-0.2, -0.15) is 0 Å². The molecule has 0 atom stereocenters. The van der Waals surface area contributed by atoms with Crippen molar-refractivity contribution >= 4 is 16.6 Å². The molecule has 0 amide bonds. The third-order valence-corrected chi connectivity index (χ3v) is 4.61. The molecule has 0 spiro atoms. The van der Waals surface area contributed by atoms with Crippen molar-refractivity contribution in [2.45, 2.75) is 0 Å². The highest BCUT2D eigenvalue weighted by atomic mass is 16.1. The SMILES string of the molecule is O=C1c2ccccc2-c2nc(-c3ccccc3)c3ccccc3c21. The summed E-state index contributed by atoms with van der Waals surface area (Å²) < 4.78 is 0. The van der Waals surface area contributed by atoms with E-state index in [1.807, 2.05) is 66.7 Å². The molecule has 0 radical (unpaired) electrons. The van der Waals surface area contributed by atoms with E-state index < -0.39 is 0 Å². The lowest BCUT2D eigenvalue weighted by atomic mass is 9.98. The van der Waals surface area contributed by atoms with Crippen LogP contribution >= 0.6 is 0 Å². The van der Waals surface area contributed by atoms with E-state index in [9.17, 15) is 4.79 Å². The molecule has 0 saturated heterocycles. The van der Waals surface area contributed by atoms with E-state index in [0.717, 1.165) is 44.4 Å². The fourth-order valence-corrected chi connectivity index (χ4v) is 3.53. The summed E-state index contributed by atoms with van der Waals surface area (Å²) in [5.41, 5.74) is 5.19. The number of nitrogens with zero attached hydrogens (tertiary/aromatic N) is 1. The van der Waals surface area contributed by atoms with E-state index in [2.05, 4.69) is 12.1 Å². The van der Waals surface area contributed by atoms with E-state index in [1.54, 1.807) is 0 Å². The van der Waals surface area contributed by atoms with Crippen LogP contribution in [-0.2, 0) is 0 Å². The van der Waals surface area contributed by atoms with E-state index >= 15 is 0 Å². The number of carbonyl (C=O) groups excluding carboxylic acids is 1. The molecule has 0 N–H and O–H groups in total. The summed E-state index contributed by atoms with van der Waals surface area (Å²) in [6.45, 7) is 0. The first-order chi connectivity index (χ1) is 11.8. The summed E-state index contributed by atoms with van der Waals surface area (Å²) in [4.78, 5) is 17.8. The smallest absolute Gasteiger partial charge is 0.196 e. The van der Waals surface area contributed by atoms with Gasteiger partial charge in [0.15, 0.2) is 5.78 Å². The van der Waals surface area contributed by atoms with Gasteiger partial charge in [-0.05, 0) is 5.39 Å². The Labute approximate surface area is 139 Å². The lowest BCUT2D eigenvalue weighted by molar-refractivity contribution is 0.104. The zero-order valence-electron chi connectivity index (χ0n) is 12.9. The zero-order valence-corrected chi connectivity index (χ0v) is 12.9. The van der Waals surface area contributed by atoms with Crippen molar-refractivity contribution in [3.8, 4) is 22.5 Å². The molecule has 1 heterocycles. The van der Waals surface area contributed by atoms with Crippen molar-refractivity contribution in [1.82, 2.24) is 4.98 Å². The van der Waals surface area contributed by atoms with Gasteiger partial charge in [0.1, 0.15) is 0 Å². The topological polar surface area (TPSA) is 30.0 Å². The van der Waals surface area contributed by atoms with Crippen LogP contribution in [0.2, 0.25) is 0 Å². The molecule has 0 aliphatic heterocycles. The molecule has 2 nitrogen and oxygen atoms in total.